The molecule has 0 spiro atoms. The average Bonchev–Trinajstić information content (AvgIpc) is 2.02. The van der Waals surface area contributed by atoms with Gasteiger partial charge in [0.1, 0.15) is 0 Å². The lowest BCUT2D eigenvalue weighted by molar-refractivity contribution is 0.392. The molecular weight excluding hydrogens is 140 g/mol. The molecule has 0 aromatic rings. The predicted molar refractivity (Wildman–Crippen MR) is 47.9 cm³/mol. The van der Waals surface area contributed by atoms with Gasteiger partial charge in [-0.3, -0.25) is 0 Å². The summed E-state index contributed by atoms with van der Waals surface area (Å²) in [5, 5.41) is 3.40. The van der Waals surface area contributed by atoms with Gasteiger partial charge >= 0.3 is 0 Å². The summed E-state index contributed by atoms with van der Waals surface area (Å²) in [5.74, 6) is 6.03. The Hall–Kier alpha value is -0.930. The van der Waals surface area contributed by atoms with E-state index in [0.29, 0.717) is 11.9 Å². The lowest BCUT2D eigenvalue weighted by atomic mass is 10.1. The van der Waals surface area contributed by atoms with Crippen molar-refractivity contribution in [3.05, 3.63) is 0 Å². The van der Waals surface area contributed by atoms with Crippen LogP contribution in [0.4, 0.5) is 0 Å². The summed E-state index contributed by atoms with van der Waals surface area (Å²) in [6, 6.07) is 0. The topological polar surface area (TPSA) is 67.6 Å². The molecule has 1 unspecified atom stereocenters. The molecule has 1 atom stereocenters. The molecule has 0 aliphatic rings. The average molecular weight is 158 g/mol. The van der Waals surface area contributed by atoms with Crippen LogP contribution in [0.2, 0.25) is 0 Å². The van der Waals surface area contributed by atoms with Crippen LogP contribution in [0.15, 0.2) is 5.10 Å². The van der Waals surface area contributed by atoms with E-state index in [9.17, 15) is 0 Å². The zero-order chi connectivity index (χ0) is 8.85. The fraction of sp³-hybridized carbons (Fsp3) is 0.857. The highest BCUT2D eigenvalue weighted by molar-refractivity contribution is 5.77. The number of hydrogen-bond acceptors (Lipinski definition) is 2. The maximum absolute atomic E-state index is 5.47. The summed E-state index contributed by atoms with van der Waals surface area (Å²) >= 11 is 0. The van der Waals surface area contributed by atoms with Gasteiger partial charge in [-0.2, -0.15) is 0 Å². The van der Waals surface area contributed by atoms with E-state index in [-0.39, 0.29) is 0 Å². The molecule has 0 aromatic carbocycles. The molecule has 0 amide bonds. The largest absolute Gasteiger partial charge is 0.368 e. The third kappa shape index (κ3) is 3.70. The van der Waals surface area contributed by atoms with Crippen LogP contribution in [-0.4, -0.2) is 24.5 Å². The van der Waals surface area contributed by atoms with E-state index in [1.807, 2.05) is 11.9 Å². The zero-order valence-corrected chi connectivity index (χ0v) is 7.54. The van der Waals surface area contributed by atoms with Crippen LogP contribution in [0.5, 0.6) is 0 Å². The monoisotopic (exact) mass is 158 g/mol. The molecule has 4 nitrogen and oxygen atoms in total. The van der Waals surface area contributed by atoms with Gasteiger partial charge in [0.05, 0.1) is 0 Å². The Morgan fingerprint density at radius 2 is 2.18 bits per heavy atom. The van der Waals surface area contributed by atoms with Crippen molar-refractivity contribution in [1.82, 2.24) is 4.90 Å². The fourth-order valence-electron chi connectivity index (χ4n) is 0.789. The summed E-state index contributed by atoms with van der Waals surface area (Å²) in [5.41, 5.74) is 5.47. The maximum Gasteiger partial charge on any atom is 0.213 e. The Labute approximate surface area is 68.2 Å². The molecular formula is C7H18N4. The third-order valence-electron chi connectivity index (χ3n) is 1.81. The number of nitrogens with two attached hydrogens (primary N) is 2. The first-order chi connectivity index (χ1) is 5.11. The lowest BCUT2D eigenvalue weighted by Gasteiger charge is -2.20. The van der Waals surface area contributed by atoms with Gasteiger partial charge in [0.25, 0.3) is 0 Å². The predicted octanol–water partition coefficient (Wildman–Crippen LogP) is 0.153. The van der Waals surface area contributed by atoms with Crippen molar-refractivity contribution >= 4 is 5.96 Å². The Bertz CT molecular complexity index is 132. The van der Waals surface area contributed by atoms with Crippen molar-refractivity contribution in [3.8, 4) is 0 Å². The Morgan fingerprint density at radius 1 is 1.64 bits per heavy atom. The number of hydrazone groups is 1. The molecule has 0 aliphatic heterocycles. The third-order valence-corrected chi connectivity index (χ3v) is 1.81. The zero-order valence-electron chi connectivity index (χ0n) is 7.54. The van der Waals surface area contributed by atoms with Gasteiger partial charge in [0.15, 0.2) is 0 Å². The standard InChI is InChI=1S/C7H18N4/c1-4-6(2)5-11(3)7(8)10-9/h6H,4-5,9H2,1-3H3,(H2,8,10). The minimum Gasteiger partial charge on any atom is -0.368 e. The van der Waals surface area contributed by atoms with Crippen LogP contribution in [0, 0.1) is 5.92 Å². The summed E-state index contributed by atoms with van der Waals surface area (Å²) in [6.07, 6.45) is 1.14. The number of guanidine groups is 1. The van der Waals surface area contributed by atoms with E-state index in [4.69, 9.17) is 11.6 Å². The minimum absolute atomic E-state index is 0.394. The Balaban J connectivity index is 3.77. The normalized spacial score (nSPS) is 14.6. The van der Waals surface area contributed by atoms with Gasteiger partial charge in [-0.1, -0.05) is 20.3 Å². The molecule has 0 fully saturated rings. The summed E-state index contributed by atoms with van der Waals surface area (Å²) in [6.45, 7) is 5.22. The number of nitrogens with zero attached hydrogens (tertiary/aromatic N) is 2. The van der Waals surface area contributed by atoms with Crippen LogP contribution < -0.4 is 11.6 Å². The quantitative estimate of drug-likeness (QED) is 0.266. The molecule has 11 heavy (non-hydrogen) atoms. The van der Waals surface area contributed by atoms with Crippen LogP contribution in [0.25, 0.3) is 0 Å². The van der Waals surface area contributed by atoms with Gasteiger partial charge in [-0.05, 0) is 5.92 Å². The smallest absolute Gasteiger partial charge is 0.213 e. The van der Waals surface area contributed by atoms with Gasteiger partial charge in [-0.15, -0.1) is 5.10 Å². The van der Waals surface area contributed by atoms with E-state index in [0.717, 1.165) is 13.0 Å². The molecule has 0 aromatic heterocycles. The van der Waals surface area contributed by atoms with Crippen molar-refractivity contribution in [2.45, 2.75) is 20.3 Å². The highest BCUT2D eigenvalue weighted by Gasteiger charge is 2.05. The van der Waals surface area contributed by atoms with Crippen LogP contribution in [0.1, 0.15) is 20.3 Å². The second-order valence-electron chi connectivity index (χ2n) is 2.88. The molecule has 4 N–H and O–H groups in total. The molecule has 0 bridgehead atoms. The van der Waals surface area contributed by atoms with Crippen molar-refractivity contribution in [3.63, 3.8) is 0 Å². The maximum atomic E-state index is 5.47. The molecule has 0 aliphatic carbocycles. The van der Waals surface area contributed by atoms with E-state index >= 15 is 0 Å². The summed E-state index contributed by atoms with van der Waals surface area (Å²) < 4.78 is 0. The van der Waals surface area contributed by atoms with Crippen molar-refractivity contribution in [2.24, 2.45) is 22.6 Å². The summed E-state index contributed by atoms with van der Waals surface area (Å²) in [4.78, 5) is 1.86. The molecule has 66 valence electrons. The van der Waals surface area contributed by atoms with E-state index in [2.05, 4.69) is 18.9 Å². The van der Waals surface area contributed by atoms with E-state index in [1.54, 1.807) is 0 Å². The molecule has 0 saturated carbocycles. The highest BCUT2D eigenvalue weighted by Crippen LogP contribution is 2.01. The van der Waals surface area contributed by atoms with Crippen molar-refractivity contribution < 1.29 is 0 Å². The Kier molecular flexibility index (Phi) is 4.41. The second kappa shape index (κ2) is 4.82. The molecule has 0 rings (SSSR count). The minimum atomic E-state index is 0.394. The van der Waals surface area contributed by atoms with Gasteiger partial charge in [0.2, 0.25) is 5.96 Å². The van der Waals surface area contributed by atoms with Crippen molar-refractivity contribution in [1.29, 1.82) is 0 Å². The Morgan fingerprint density at radius 3 is 2.55 bits per heavy atom. The molecule has 0 heterocycles. The van der Waals surface area contributed by atoms with Gasteiger partial charge in [0, 0.05) is 13.6 Å². The first kappa shape index (κ1) is 10.1. The van der Waals surface area contributed by atoms with Gasteiger partial charge in [-0.25, -0.2) is 0 Å². The number of rotatable bonds is 3. The second-order valence-corrected chi connectivity index (χ2v) is 2.88. The van der Waals surface area contributed by atoms with E-state index < -0.39 is 0 Å². The van der Waals surface area contributed by atoms with Crippen LogP contribution in [-0.2, 0) is 0 Å². The van der Waals surface area contributed by atoms with Crippen LogP contribution in [0.3, 0.4) is 0 Å². The number of hydrogen-bond donors (Lipinski definition) is 2. The fourth-order valence-corrected chi connectivity index (χ4v) is 0.789. The van der Waals surface area contributed by atoms with Gasteiger partial charge < -0.3 is 16.5 Å². The highest BCUT2D eigenvalue weighted by atomic mass is 15.3. The molecule has 0 saturated heterocycles. The van der Waals surface area contributed by atoms with Crippen molar-refractivity contribution in [2.75, 3.05) is 13.6 Å². The lowest BCUT2D eigenvalue weighted by Crippen LogP contribution is -2.37. The molecule has 4 heteroatoms. The van der Waals surface area contributed by atoms with E-state index in [1.165, 1.54) is 0 Å². The molecule has 0 radical (unpaired) electrons. The SMILES string of the molecule is CCC(C)CN(C)C(N)=NN. The first-order valence-electron chi connectivity index (χ1n) is 3.86. The first-order valence-corrected chi connectivity index (χ1v) is 3.86. The van der Waals surface area contributed by atoms with Crippen LogP contribution >= 0.6 is 0 Å². The summed E-state index contributed by atoms with van der Waals surface area (Å²) in [7, 11) is 1.89.